The van der Waals surface area contributed by atoms with Gasteiger partial charge in [0, 0.05) is 32.1 Å². The molecular formula is C28H32F6N2O3. The molecule has 4 rings (SSSR count). The van der Waals surface area contributed by atoms with Gasteiger partial charge in [0.2, 0.25) is 5.91 Å². The van der Waals surface area contributed by atoms with Crippen LogP contribution in [-0.2, 0) is 21.9 Å². The molecule has 2 aliphatic heterocycles. The highest BCUT2D eigenvalue weighted by Gasteiger charge is 2.39. The van der Waals surface area contributed by atoms with Crippen molar-refractivity contribution in [3.8, 4) is 0 Å². The fraction of sp³-hybridized carbons (Fsp3) is 0.536. The molecule has 2 aromatic carbocycles. The molecule has 0 radical (unpaired) electrons. The van der Waals surface area contributed by atoms with Gasteiger partial charge in [0.1, 0.15) is 0 Å². The predicted octanol–water partition coefficient (Wildman–Crippen LogP) is 5.64. The topological polar surface area (TPSA) is 53.0 Å². The second-order valence-corrected chi connectivity index (χ2v) is 10.3. The van der Waals surface area contributed by atoms with Crippen LogP contribution in [0, 0.1) is 0 Å². The smallest absolute Gasteiger partial charge is 0.393 e. The zero-order valence-corrected chi connectivity index (χ0v) is 21.5. The summed E-state index contributed by atoms with van der Waals surface area (Å²) >= 11 is 0. The van der Waals surface area contributed by atoms with E-state index < -0.39 is 35.7 Å². The van der Waals surface area contributed by atoms with Crippen LogP contribution in [-0.4, -0.2) is 65.7 Å². The zero-order chi connectivity index (χ0) is 28.4. The number of hydrogen-bond acceptors (Lipinski definition) is 4. The van der Waals surface area contributed by atoms with Crippen molar-refractivity contribution in [1.29, 1.82) is 0 Å². The highest BCUT2D eigenvalue weighted by atomic mass is 19.4. The Balaban J connectivity index is 1.52. The third-order valence-corrected chi connectivity index (χ3v) is 7.50. The van der Waals surface area contributed by atoms with Crippen molar-refractivity contribution in [2.75, 3.05) is 32.7 Å². The SMILES string of the molecule is CC(OC1CCN(C(=O)CN2CCC(O)CC2)CC1c1ccccc1)c1cc(C(F)(F)F)cc(C(F)(F)F)c1. The Kier molecular flexibility index (Phi) is 8.92. The van der Waals surface area contributed by atoms with Crippen LogP contribution in [0.25, 0.3) is 0 Å². The van der Waals surface area contributed by atoms with Crippen molar-refractivity contribution in [3.05, 3.63) is 70.8 Å². The van der Waals surface area contributed by atoms with E-state index in [9.17, 15) is 36.2 Å². The predicted molar refractivity (Wildman–Crippen MR) is 132 cm³/mol. The lowest BCUT2D eigenvalue weighted by Crippen LogP contribution is -2.50. The van der Waals surface area contributed by atoms with E-state index in [0.29, 0.717) is 57.6 Å². The van der Waals surface area contributed by atoms with Crippen molar-refractivity contribution in [1.82, 2.24) is 9.80 Å². The number of likely N-dealkylation sites (tertiary alicyclic amines) is 2. The molecule has 2 aliphatic rings. The van der Waals surface area contributed by atoms with Crippen LogP contribution >= 0.6 is 0 Å². The minimum Gasteiger partial charge on any atom is -0.393 e. The van der Waals surface area contributed by atoms with Gasteiger partial charge in [-0.1, -0.05) is 30.3 Å². The first-order valence-corrected chi connectivity index (χ1v) is 13.0. The van der Waals surface area contributed by atoms with Crippen LogP contribution in [0.4, 0.5) is 26.3 Å². The molecule has 0 saturated carbocycles. The summed E-state index contributed by atoms with van der Waals surface area (Å²) in [5.74, 6) is -0.381. The molecule has 2 heterocycles. The monoisotopic (exact) mass is 558 g/mol. The number of amides is 1. The van der Waals surface area contributed by atoms with E-state index in [4.69, 9.17) is 4.74 Å². The summed E-state index contributed by atoms with van der Waals surface area (Å²) < 4.78 is 86.5. The molecular weight excluding hydrogens is 526 g/mol. The Labute approximate surface area is 223 Å². The lowest BCUT2D eigenvalue weighted by molar-refractivity contribution is -0.143. The number of rotatable bonds is 6. The second-order valence-electron chi connectivity index (χ2n) is 10.3. The van der Waals surface area contributed by atoms with Gasteiger partial charge in [-0.05, 0) is 55.5 Å². The molecule has 3 unspecified atom stereocenters. The van der Waals surface area contributed by atoms with Gasteiger partial charge in [-0.25, -0.2) is 0 Å². The normalized spacial score (nSPS) is 22.6. The standard InChI is InChI=1S/C28H32F6N2O3/c1-18(20-13-21(27(29,30)31)15-22(14-20)28(32,33)34)39-25-9-12-36(16-24(25)19-5-3-2-4-6-19)26(38)17-35-10-7-23(37)8-11-35/h2-6,13-15,18,23-25,37H,7-12,16-17H2,1H3. The average Bonchev–Trinajstić information content (AvgIpc) is 2.89. The van der Waals surface area contributed by atoms with E-state index in [1.54, 1.807) is 4.90 Å². The van der Waals surface area contributed by atoms with Crippen LogP contribution in [0.1, 0.15) is 60.5 Å². The van der Waals surface area contributed by atoms with E-state index in [2.05, 4.69) is 0 Å². The highest BCUT2D eigenvalue weighted by molar-refractivity contribution is 5.78. The second kappa shape index (κ2) is 11.9. The van der Waals surface area contributed by atoms with Gasteiger partial charge in [0.15, 0.2) is 0 Å². The molecule has 2 saturated heterocycles. The summed E-state index contributed by atoms with van der Waals surface area (Å²) in [5.41, 5.74) is -2.11. The molecule has 0 aliphatic carbocycles. The number of halogens is 6. The summed E-state index contributed by atoms with van der Waals surface area (Å²) in [5, 5.41) is 9.72. The van der Waals surface area contributed by atoms with E-state index in [1.807, 2.05) is 35.2 Å². The average molecular weight is 559 g/mol. The zero-order valence-electron chi connectivity index (χ0n) is 21.5. The van der Waals surface area contributed by atoms with E-state index in [1.165, 1.54) is 6.92 Å². The number of aliphatic hydroxyl groups is 1. The summed E-state index contributed by atoms with van der Waals surface area (Å²) in [7, 11) is 0. The molecule has 11 heteroatoms. The maximum absolute atomic E-state index is 13.4. The quantitative estimate of drug-likeness (QED) is 0.467. The first kappa shape index (κ1) is 29.4. The maximum Gasteiger partial charge on any atom is 0.416 e. The molecule has 0 bridgehead atoms. The van der Waals surface area contributed by atoms with E-state index in [0.717, 1.165) is 5.56 Å². The number of alkyl halides is 6. The summed E-state index contributed by atoms with van der Waals surface area (Å²) in [6.45, 7) is 3.59. The van der Waals surface area contributed by atoms with Crippen molar-refractivity contribution in [3.63, 3.8) is 0 Å². The fourth-order valence-electron chi connectivity index (χ4n) is 5.26. The van der Waals surface area contributed by atoms with Gasteiger partial charge in [0.25, 0.3) is 0 Å². The number of carbonyl (C=O) groups is 1. The van der Waals surface area contributed by atoms with Gasteiger partial charge < -0.3 is 14.7 Å². The Morgan fingerprint density at radius 1 is 0.949 bits per heavy atom. The lowest BCUT2D eigenvalue weighted by atomic mass is 9.87. The van der Waals surface area contributed by atoms with Crippen molar-refractivity contribution >= 4 is 5.91 Å². The minimum absolute atomic E-state index is 0.0634. The molecule has 214 valence electrons. The van der Waals surface area contributed by atoms with Gasteiger partial charge in [-0.15, -0.1) is 0 Å². The lowest BCUT2D eigenvalue weighted by Gasteiger charge is -2.41. The van der Waals surface area contributed by atoms with E-state index in [-0.39, 0.29) is 36.1 Å². The van der Waals surface area contributed by atoms with Gasteiger partial charge in [0.05, 0.1) is 36.0 Å². The number of nitrogens with zero attached hydrogens (tertiary/aromatic N) is 2. The minimum atomic E-state index is -4.94. The fourth-order valence-corrected chi connectivity index (χ4v) is 5.26. The number of hydrogen-bond donors (Lipinski definition) is 1. The maximum atomic E-state index is 13.4. The Bertz CT molecular complexity index is 1080. The molecule has 39 heavy (non-hydrogen) atoms. The highest BCUT2D eigenvalue weighted by Crippen LogP contribution is 2.39. The molecule has 1 N–H and O–H groups in total. The third-order valence-electron chi connectivity index (χ3n) is 7.50. The molecule has 0 spiro atoms. The molecule has 2 aromatic rings. The molecule has 5 nitrogen and oxygen atoms in total. The Morgan fingerprint density at radius 3 is 2.10 bits per heavy atom. The van der Waals surface area contributed by atoms with Crippen LogP contribution in [0.15, 0.2) is 48.5 Å². The van der Waals surface area contributed by atoms with Gasteiger partial charge >= 0.3 is 12.4 Å². The van der Waals surface area contributed by atoms with Crippen LogP contribution < -0.4 is 0 Å². The number of benzene rings is 2. The van der Waals surface area contributed by atoms with E-state index >= 15 is 0 Å². The summed E-state index contributed by atoms with van der Waals surface area (Å²) in [6, 6.07) is 10.7. The van der Waals surface area contributed by atoms with Crippen molar-refractivity contribution < 1.29 is 41.0 Å². The number of aliphatic hydroxyl groups excluding tert-OH is 1. The van der Waals surface area contributed by atoms with Crippen LogP contribution in [0.5, 0.6) is 0 Å². The van der Waals surface area contributed by atoms with Crippen LogP contribution in [0.2, 0.25) is 0 Å². The van der Waals surface area contributed by atoms with Crippen LogP contribution in [0.3, 0.4) is 0 Å². The molecule has 2 fully saturated rings. The number of piperidine rings is 2. The van der Waals surface area contributed by atoms with Gasteiger partial charge in [-0.2, -0.15) is 26.3 Å². The number of ether oxygens (including phenoxy) is 1. The number of carbonyl (C=O) groups excluding carboxylic acids is 1. The molecule has 3 atom stereocenters. The van der Waals surface area contributed by atoms with Crippen molar-refractivity contribution in [2.45, 2.75) is 62.8 Å². The van der Waals surface area contributed by atoms with Gasteiger partial charge in [-0.3, -0.25) is 9.69 Å². The third kappa shape index (κ3) is 7.52. The Morgan fingerprint density at radius 2 is 1.54 bits per heavy atom. The Hall–Kier alpha value is -2.63. The first-order valence-electron chi connectivity index (χ1n) is 13.0. The molecule has 0 aromatic heterocycles. The molecule has 1 amide bonds. The van der Waals surface area contributed by atoms with Crippen molar-refractivity contribution in [2.24, 2.45) is 0 Å². The largest absolute Gasteiger partial charge is 0.416 e. The summed E-state index contributed by atoms with van der Waals surface area (Å²) in [6.07, 6.45) is -10.2. The first-order chi connectivity index (χ1) is 18.3. The summed E-state index contributed by atoms with van der Waals surface area (Å²) in [4.78, 5) is 16.8.